The number of benzene rings is 1. The zero-order valence-corrected chi connectivity index (χ0v) is 12.6. The van der Waals surface area contributed by atoms with Crippen LogP contribution >= 0.6 is 11.3 Å². The number of nitrogens with one attached hydrogen (secondary N) is 2. The van der Waals surface area contributed by atoms with E-state index in [-0.39, 0.29) is 12.8 Å². The summed E-state index contributed by atoms with van der Waals surface area (Å²) in [6.07, 6.45) is -0.256. The number of urea groups is 1. The molecular weight excluding hydrogens is 304 g/mol. The van der Waals surface area contributed by atoms with Crippen molar-refractivity contribution in [2.75, 3.05) is 18.7 Å². The van der Waals surface area contributed by atoms with Gasteiger partial charge in [-0.05, 0) is 41.6 Å². The summed E-state index contributed by atoms with van der Waals surface area (Å²) in [4.78, 5) is 11.6. The Hall–Kier alpha value is -2.25. The number of ether oxygens (including phenoxy) is 2. The van der Waals surface area contributed by atoms with Crippen LogP contribution < -0.4 is 20.1 Å². The summed E-state index contributed by atoms with van der Waals surface area (Å²) in [5, 5.41) is 18.3. The maximum absolute atomic E-state index is 11.6. The van der Waals surface area contributed by atoms with Crippen LogP contribution in [0.3, 0.4) is 0 Å². The molecule has 116 valence electrons. The van der Waals surface area contributed by atoms with Gasteiger partial charge in [-0.2, -0.15) is 0 Å². The minimum Gasteiger partial charge on any atom is -0.454 e. The smallest absolute Gasteiger partial charge is 0.319 e. The summed E-state index contributed by atoms with van der Waals surface area (Å²) < 4.78 is 10.5. The number of anilines is 1. The molecule has 2 aromatic rings. The molecule has 0 fully saturated rings. The van der Waals surface area contributed by atoms with Crippen LogP contribution in [0, 0.1) is 0 Å². The lowest BCUT2D eigenvalue weighted by Gasteiger charge is -2.12. The van der Waals surface area contributed by atoms with Crippen molar-refractivity contribution >= 4 is 22.4 Å². The van der Waals surface area contributed by atoms with Gasteiger partial charge in [0.25, 0.3) is 0 Å². The van der Waals surface area contributed by atoms with Gasteiger partial charge in [-0.15, -0.1) is 11.3 Å². The van der Waals surface area contributed by atoms with Crippen LogP contribution in [0.4, 0.5) is 9.80 Å². The Labute approximate surface area is 131 Å². The zero-order valence-electron chi connectivity index (χ0n) is 11.7. The number of carbonyl (C=O) groups excluding carboxylic acids is 1. The van der Waals surface area contributed by atoms with Gasteiger partial charge in [0.15, 0.2) is 11.5 Å². The van der Waals surface area contributed by atoms with Crippen molar-refractivity contribution in [2.45, 2.75) is 12.5 Å². The molecule has 1 aliphatic rings. The first-order valence-corrected chi connectivity index (χ1v) is 7.76. The van der Waals surface area contributed by atoms with E-state index in [1.165, 1.54) is 11.3 Å². The molecule has 0 unspecified atom stereocenters. The Morgan fingerprint density at radius 3 is 3.00 bits per heavy atom. The number of hydrogen-bond donors (Lipinski definition) is 3. The van der Waals surface area contributed by atoms with Crippen molar-refractivity contribution in [3.63, 3.8) is 0 Å². The molecule has 2 amide bonds. The highest BCUT2D eigenvalue weighted by Crippen LogP contribution is 2.34. The number of fused-ring (bicyclic) bond motifs is 1. The quantitative estimate of drug-likeness (QED) is 0.791. The second-order valence-corrected chi connectivity index (χ2v) is 5.72. The van der Waals surface area contributed by atoms with E-state index < -0.39 is 6.10 Å². The highest BCUT2D eigenvalue weighted by molar-refractivity contribution is 7.14. The van der Waals surface area contributed by atoms with Crippen LogP contribution in [0.5, 0.6) is 11.5 Å². The third kappa shape index (κ3) is 3.49. The fraction of sp³-hybridized carbons (Fsp3) is 0.267. The van der Waals surface area contributed by atoms with Crippen molar-refractivity contribution in [3.05, 3.63) is 41.3 Å². The second kappa shape index (κ2) is 6.67. The molecule has 0 bridgehead atoms. The van der Waals surface area contributed by atoms with Gasteiger partial charge in [-0.25, -0.2) is 4.79 Å². The molecule has 0 saturated heterocycles. The first kappa shape index (κ1) is 14.7. The second-order valence-electron chi connectivity index (χ2n) is 4.78. The van der Waals surface area contributed by atoms with Crippen LogP contribution in [0.15, 0.2) is 35.7 Å². The molecule has 7 heteroatoms. The number of amides is 2. The minimum atomic E-state index is -0.670. The van der Waals surface area contributed by atoms with E-state index >= 15 is 0 Å². The van der Waals surface area contributed by atoms with Crippen molar-refractivity contribution in [2.24, 2.45) is 0 Å². The predicted octanol–water partition coefficient (Wildman–Crippen LogP) is 2.72. The molecule has 1 atom stereocenters. The molecule has 6 nitrogen and oxygen atoms in total. The summed E-state index contributed by atoms with van der Waals surface area (Å²) in [6, 6.07) is 8.75. The van der Waals surface area contributed by atoms with E-state index in [4.69, 9.17) is 9.47 Å². The Morgan fingerprint density at radius 1 is 1.32 bits per heavy atom. The van der Waals surface area contributed by atoms with E-state index in [1.807, 2.05) is 17.5 Å². The van der Waals surface area contributed by atoms with Gasteiger partial charge >= 0.3 is 6.03 Å². The molecule has 0 saturated carbocycles. The Kier molecular flexibility index (Phi) is 4.45. The maximum atomic E-state index is 11.6. The molecule has 3 rings (SSSR count). The largest absolute Gasteiger partial charge is 0.454 e. The molecule has 1 aromatic carbocycles. The average Bonchev–Trinajstić information content (AvgIpc) is 3.17. The Morgan fingerprint density at radius 2 is 2.18 bits per heavy atom. The molecule has 0 radical (unpaired) electrons. The van der Waals surface area contributed by atoms with Crippen molar-refractivity contribution in [1.29, 1.82) is 0 Å². The lowest BCUT2D eigenvalue weighted by atomic mass is 10.1. The van der Waals surface area contributed by atoms with Gasteiger partial charge in [0.2, 0.25) is 6.79 Å². The van der Waals surface area contributed by atoms with Crippen molar-refractivity contribution in [1.82, 2.24) is 5.32 Å². The van der Waals surface area contributed by atoms with E-state index in [0.29, 0.717) is 24.5 Å². The first-order valence-electron chi connectivity index (χ1n) is 6.88. The minimum absolute atomic E-state index is 0.208. The highest BCUT2D eigenvalue weighted by Gasteiger charge is 2.16. The van der Waals surface area contributed by atoms with Gasteiger partial charge in [0.1, 0.15) is 0 Å². The number of aliphatic hydroxyl groups excluding tert-OH is 1. The SMILES string of the molecule is O=C(NCC[C@H](O)c1ccc2c(c1)OCO2)Nc1cccs1. The Balaban J connectivity index is 1.46. The van der Waals surface area contributed by atoms with Crippen molar-refractivity contribution in [3.8, 4) is 11.5 Å². The van der Waals surface area contributed by atoms with Gasteiger partial charge in [-0.3, -0.25) is 5.32 Å². The van der Waals surface area contributed by atoms with Crippen LogP contribution in [0.25, 0.3) is 0 Å². The lowest BCUT2D eigenvalue weighted by molar-refractivity contribution is 0.165. The molecule has 0 spiro atoms. The highest BCUT2D eigenvalue weighted by atomic mass is 32.1. The summed E-state index contributed by atoms with van der Waals surface area (Å²) in [5.74, 6) is 1.32. The fourth-order valence-corrected chi connectivity index (χ4v) is 2.73. The molecule has 0 aliphatic carbocycles. The predicted molar refractivity (Wildman–Crippen MR) is 83.5 cm³/mol. The van der Waals surface area contributed by atoms with Gasteiger partial charge < -0.3 is 19.9 Å². The average molecular weight is 320 g/mol. The molecular formula is C15H16N2O4S. The number of hydrogen-bond acceptors (Lipinski definition) is 5. The summed E-state index contributed by atoms with van der Waals surface area (Å²) in [5.41, 5.74) is 0.740. The monoisotopic (exact) mass is 320 g/mol. The van der Waals surface area contributed by atoms with E-state index in [1.54, 1.807) is 18.2 Å². The first-order chi connectivity index (χ1) is 10.7. The van der Waals surface area contributed by atoms with Gasteiger partial charge in [-0.1, -0.05) is 6.07 Å². The molecule has 3 N–H and O–H groups in total. The Bertz CT molecular complexity index is 645. The van der Waals surface area contributed by atoms with Crippen molar-refractivity contribution < 1.29 is 19.4 Å². The summed E-state index contributed by atoms with van der Waals surface area (Å²) in [7, 11) is 0. The topological polar surface area (TPSA) is 79.8 Å². The third-order valence-corrected chi connectivity index (χ3v) is 4.03. The van der Waals surface area contributed by atoms with Crippen LogP contribution in [-0.2, 0) is 0 Å². The van der Waals surface area contributed by atoms with E-state index in [9.17, 15) is 9.90 Å². The standard InChI is InChI=1S/C15H16N2O4S/c18-11(10-3-4-12-13(8-10)21-9-20-12)5-6-16-15(19)17-14-2-1-7-22-14/h1-4,7-8,11,18H,5-6,9H2,(H2,16,17,19)/t11-/m0/s1. The van der Waals surface area contributed by atoms with Crippen LogP contribution in [0.2, 0.25) is 0 Å². The maximum Gasteiger partial charge on any atom is 0.319 e. The van der Waals surface area contributed by atoms with E-state index in [0.717, 1.165) is 10.6 Å². The summed E-state index contributed by atoms with van der Waals surface area (Å²) >= 11 is 1.45. The zero-order chi connectivity index (χ0) is 15.4. The number of carbonyl (C=O) groups is 1. The molecule has 22 heavy (non-hydrogen) atoms. The van der Waals surface area contributed by atoms with Gasteiger partial charge in [0, 0.05) is 6.54 Å². The van der Waals surface area contributed by atoms with Gasteiger partial charge in [0.05, 0.1) is 11.1 Å². The fourth-order valence-electron chi connectivity index (χ4n) is 2.12. The van der Waals surface area contributed by atoms with Crippen LogP contribution in [0.1, 0.15) is 18.1 Å². The third-order valence-electron chi connectivity index (χ3n) is 3.24. The number of rotatable bonds is 5. The summed E-state index contributed by atoms with van der Waals surface area (Å²) in [6.45, 7) is 0.576. The molecule has 1 aromatic heterocycles. The van der Waals surface area contributed by atoms with Crippen LogP contribution in [-0.4, -0.2) is 24.5 Å². The normalized spacial score (nSPS) is 13.7. The lowest BCUT2D eigenvalue weighted by Crippen LogP contribution is -2.30. The number of aliphatic hydroxyl groups is 1. The van der Waals surface area contributed by atoms with E-state index in [2.05, 4.69) is 10.6 Å². The molecule has 1 aliphatic heterocycles. The molecule has 2 heterocycles. The number of thiophene rings is 1.